The zero-order chi connectivity index (χ0) is 12.1. The number of hydrogen-bond acceptors (Lipinski definition) is 4. The molecule has 0 aliphatic rings. The van der Waals surface area contributed by atoms with E-state index in [4.69, 9.17) is 5.73 Å². The van der Waals surface area contributed by atoms with Crippen LogP contribution in [0.15, 0.2) is 18.2 Å². The van der Waals surface area contributed by atoms with Crippen LogP contribution in [0.5, 0.6) is 0 Å². The third kappa shape index (κ3) is 2.82. The first-order valence-electron chi connectivity index (χ1n) is 5.16. The van der Waals surface area contributed by atoms with E-state index in [-0.39, 0.29) is 5.56 Å². The first-order valence-corrected chi connectivity index (χ1v) is 5.16. The average molecular weight is 221 g/mol. The van der Waals surface area contributed by atoms with Crippen LogP contribution >= 0.6 is 0 Å². The maximum atomic E-state index is 11.5. The number of rotatable bonds is 3. The number of anilines is 1. The van der Waals surface area contributed by atoms with E-state index in [9.17, 15) is 9.59 Å². The van der Waals surface area contributed by atoms with Gasteiger partial charge in [0.2, 0.25) is 0 Å². The molecule has 0 aliphatic carbocycles. The third-order valence-electron chi connectivity index (χ3n) is 2.17. The minimum atomic E-state index is -0.692. The summed E-state index contributed by atoms with van der Waals surface area (Å²) in [6.45, 7) is 3.21. The molecule has 0 saturated heterocycles. The van der Waals surface area contributed by atoms with Crippen molar-refractivity contribution in [2.45, 2.75) is 26.7 Å². The summed E-state index contributed by atoms with van der Waals surface area (Å²) < 4.78 is 4.49. The maximum absolute atomic E-state index is 11.5. The highest BCUT2D eigenvalue weighted by atomic mass is 16.6. The van der Waals surface area contributed by atoms with Crippen LogP contribution in [0.2, 0.25) is 0 Å². The molecule has 1 aromatic rings. The minimum absolute atomic E-state index is 0.251. The van der Waals surface area contributed by atoms with Crippen molar-refractivity contribution < 1.29 is 14.3 Å². The van der Waals surface area contributed by atoms with Crippen LogP contribution in [0.25, 0.3) is 0 Å². The molecule has 1 rings (SSSR count). The topological polar surface area (TPSA) is 69.4 Å². The molecule has 0 heterocycles. The van der Waals surface area contributed by atoms with Gasteiger partial charge in [0.15, 0.2) is 0 Å². The highest BCUT2D eigenvalue weighted by Crippen LogP contribution is 2.19. The lowest BCUT2D eigenvalue weighted by Crippen LogP contribution is -2.12. The molecule has 0 atom stereocenters. The molecule has 86 valence electrons. The lowest BCUT2D eigenvalue weighted by molar-refractivity contribution is -0.135. The number of nitrogens with two attached hydrogens (primary N) is 1. The maximum Gasteiger partial charge on any atom is 0.347 e. The van der Waals surface area contributed by atoms with E-state index in [1.54, 1.807) is 12.1 Å². The van der Waals surface area contributed by atoms with Crippen LogP contribution in [-0.2, 0) is 16.0 Å². The van der Waals surface area contributed by atoms with Gasteiger partial charge < -0.3 is 10.5 Å². The molecule has 0 amide bonds. The summed E-state index contributed by atoms with van der Waals surface area (Å²) in [5.41, 5.74) is 7.39. The molecule has 0 bridgehead atoms. The van der Waals surface area contributed by atoms with Gasteiger partial charge in [-0.1, -0.05) is 25.5 Å². The second-order valence-electron chi connectivity index (χ2n) is 3.51. The Morgan fingerprint density at radius 3 is 2.62 bits per heavy atom. The normalized spacial score (nSPS) is 9.88. The van der Waals surface area contributed by atoms with Crippen molar-refractivity contribution in [2.75, 3.05) is 5.73 Å². The summed E-state index contributed by atoms with van der Waals surface area (Å²) in [7, 11) is 0. The zero-order valence-corrected chi connectivity index (χ0v) is 9.45. The Bertz CT molecular complexity index is 413. The number of nitrogen functional groups attached to an aromatic ring is 1. The van der Waals surface area contributed by atoms with Crippen molar-refractivity contribution in [1.29, 1.82) is 0 Å². The summed E-state index contributed by atoms with van der Waals surface area (Å²) in [6, 6.07) is 5.15. The molecule has 0 saturated carbocycles. The highest BCUT2D eigenvalue weighted by molar-refractivity contribution is 6.00. The number of para-hydroxylation sites is 1. The second kappa shape index (κ2) is 5.30. The fourth-order valence-corrected chi connectivity index (χ4v) is 1.46. The van der Waals surface area contributed by atoms with Gasteiger partial charge in [-0.15, -0.1) is 0 Å². The fourth-order valence-electron chi connectivity index (χ4n) is 1.46. The van der Waals surface area contributed by atoms with Gasteiger partial charge in [-0.25, -0.2) is 4.79 Å². The van der Waals surface area contributed by atoms with Gasteiger partial charge in [-0.05, 0) is 18.1 Å². The third-order valence-corrected chi connectivity index (χ3v) is 2.17. The van der Waals surface area contributed by atoms with E-state index in [1.807, 2.05) is 13.0 Å². The van der Waals surface area contributed by atoms with Crippen LogP contribution in [0, 0.1) is 0 Å². The largest absolute Gasteiger partial charge is 0.398 e. The van der Waals surface area contributed by atoms with E-state index in [0.717, 1.165) is 18.4 Å². The van der Waals surface area contributed by atoms with Crippen LogP contribution < -0.4 is 5.73 Å². The molecular weight excluding hydrogens is 206 g/mol. The average Bonchev–Trinajstić information content (AvgIpc) is 2.20. The van der Waals surface area contributed by atoms with Crippen molar-refractivity contribution in [3.63, 3.8) is 0 Å². The molecule has 0 aromatic heterocycles. The lowest BCUT2D eigenvalue weighted by Gasteiger charge is -2.08. The number of ether oxygens (including phenoxy) is 1. The number of hydrogen-bond donors (Lipinski definition) is 1. The minimum Gasteiger partial charge on any atom is -0.398 e. The Morgan fingerprint density at radius 2 is 2.06 bits per heavy atom. The first kappa shape index (κ1) is 12.2. The molecule has 4 nitrogen and oxygen atoms in total. The molecule has 2 N–H and O–H groups in total. The van der Waals surface area contributed by atoms with Crippen molar-refractivity contribution in [3.05, 3.63) is 29.3 Å². The number of carbonyl (C=O) groups is 2. The second-order valence-corrected chi connectivity index (χ2v) is 3.51. The molecule has 0 unspecified atom stereocenters. The summed E-state index contributed by atoms with van der Waals surface area (Å²) in [5, 5.41) is 0. The molecule has 1 aromatic carbocycles. The van der Waals surface area contributed by atoms with E-state index in [2.05, 4.69) is 4.74 Å². The van der Waals surface area contributed by atoms with Gasteiger partial charge in [0, 0.05) is 12.6 Å². The Balaban J connectivity index is 3.00. The predicted octanol–water partition coefficient (Wildman–Crippen LogP) is 1.92. The van der Waals surface area contributed by atoms with E-state index in [1.165, 1.54) is 6.92 Å². The van der Waals surface area contributed by atoms with Gasteiger partial charge in [0.25, 0.3) is 0 Å². The predicted molar refractivity (Wildman–Crippen MR) is 60.9 cm³/mol. The van der Waals surface area contributed by atoms with Gasteiger partial charge in [-0.2, -0.15) is 0 Å². The van der Waals surface area contributed by atoms with Crippen LogP contribution in [0.3, 0.4) is 0 Å². The first-order chi connectivity index (χ1) is 7.56. The highest BCUT2D eigenvalue weighted by Gasteiger charge is 2.14. The standard InChI is InChI=1S/C12H15NO3/c1-3-5-9-6-4-7-10(11(9)13)12(15)16-8(2)14/h4,6-7H,3,5,13H2,1-2H3. The van der Waals surface area contributed by atoms with Crippen molar-refractivity contribution >= 4 is 17.6 Å². The van der Waals surface area contributed by atoms with Crippen molar-refractivity contribution in [2.24, 2.45) is 0 Å². The summed E-state index contributed by atoms with van der Waals surface area (Å²) in [4.78, 5) is 22.2. The zero-order valence-electron chi connectivity index (χ0n) is 9.45. The molecule has 0 spiro atoms. The van der Waals surface area contributed by atoms with Crippen molar-refractivity contribution in [3.8, 4) is 0 Å². The fraction of sp³-hybridized carbons (Fsp3) is 0.333. The van der Waals surface area contributed by atoms with Crippen LogP contribution in [0.4, 0.5) is 5.69 Å². The summed E-state index contributed by atoms with van der Waals surface area (Å²) in [6.07, 6.45) is 1.74. The summed E-state index contributed by atoms with van der Waals surface area (Å²) in [5.74, 6) is -1.33. The lowest BCUT2D eigenvalue weighted by atomic mass is 10.0. The van der Waals surface area contributed by atoms with Gasteiger partial charge in [0.05, 0.1) is 5.56 Å². The van der Waals surface area contributed by atoms with Gasteiger partial charge in [-0.3, -0.25) is 4.79 Å². The molecule has 0 aliphatic heterocycles. The molecule has 4 heteroatoms. The quantitative estimate of drug-likeness (QED) is 0.481. The van der Waals surface area contributed by atoms with Crippen LogP contribution in [0.1, 0.15) is 36.2 Å². The monoisotopic (exact) mass is 221 g/mol. The van der Waals surface area contributed by atoms with E-state index >= 15 is 0 Å². The van der Waals surface area contributed by atoms with Crippen molar-refractivity contribution in [1.82, 2.24) is 0 Å². The number of benzene rings is 1. The smallest absolute Gasteiger partial charge is 0.347 e. The van der Waals surface area contributed by atoms with Gasteiger partial charge >= 0.3 is 11.9 Å². The number of aryl methyl sites for hydroxylation is 1. The summed E-state index contributed by atoms with van der Waals surface area (Å²) >= 11 is 0. The number of esters is 2. The van der Waals surface area contributed by atoms with Gasteiger partial charge in [0.1, 0.15) is 0 Å². The molecule has 0 radical (unpaired) electrons. The SMILES string of the molecule is CCCc1cccc(C(=O)OC(C)=O)c1N. The Hall–Kier alpha value is -1.84. The number of carbonyl (C=O) groups excluding carboxylic acids is 2. The molecular formula is C12H15NO3. The van der Waals surface area contributed by atoms with Crippen LogP contribution in [-0.4, -0.2) is 11.9 Å². The Labute approximate surface area is 94.4 Å². The Morgan fingerprint density at radius 1 is 1.38 bits per heavy atom. The van der Waals surface area contributed by atoms with E-state index < -0.39 is 11.9 Å². The Kier molecular flexibility index (Phi) is 4.05. The molecule has 16 heavy (non-hydrogen) atoms. The van der Waals surface area contributed by atoms with E-state index in [0.29, 0.717) is 5.69 Å². The molecule has 0 fully saturated rings.